The minimum Gasteiger partial charge on any atom is -0.482 e. The van der Waals surface area contributed by atoms with Gasteiger partial charge in [-0.05, 0) is 52.7 Å². The van der Waals surface area contributed by atoms with Gasteiger partial charge in [-0.1, -0.05) is 45.2 Å². The van der Waals surface area contributed by atoms with Gasteiger partial charge in [0.2, 0.25) is 0 Å². The molecule has 0 atom stereocenters. The lowest BCUT2D eigenvalue weighted by molar-refractivity contribution is -0.123. The molecule has 1 amide bonds. The first-order valence-electron chi connectivity index (χ1n) is 6.73. The molecule has 0 aliphatic heterocycles. The number of benzene rings is 2. The molecule has 0 aliphatic rings. The van der Waals surface area contributed by atoms with Gasteiger partial charge < -0.3 is 4.74 Å². The van der Waals surface area contributed by atoms with E-state index in [4.69, 9.17) is 27.9 Å². The van der Waals surface area contributed by atoms with Crippen LogP contribution >= 0.6 is 55.1 Å². The molecule has 2 rings (SSSR count). The first kappa shape index (κ1) is 19.2. The molecule has 4 nitrogen and oxygen atoms in total. The van der Waals surface area contributed by atoms with Crippen LogP contribution in [0.1, 0.15) is 11.1 Å². The minimum atomic E-state index is -0.399. The largest absolute Gasteiger partial charge is 0.482 e. The van der Waals surface area contributed by atoms with Gasteiger partial charge in [0.25, 0.3) is 5.91 Å². The Balaban J connectivity index is 1.94. The number of ether oxygens (including phenoxy) is 1. The zero-order valence-electron chi connectivity index (χ0n) is 12.4. The summed E-state index contributed by atoms with van der Waals surface area (Å²) in [5.74, 6) is 0.204. The van der Waals surface area contributed by atoms with Crippen LogP contribution in [0.4, 0.5) is 0 Å². The highest BCUT2D eigenvalue weighted by molar-refractivity contribution is 9.11. The van der Waals surface area contributed by atoms with Crippen molar-refractivity contribution in [1.29, 1.82) is 0 Å². The van der Waals surface area contributed by atoms with Crippen LogP contribution in [0, 0.1) is 6.92 Å². The fraction of sp³-hybridized carbons (Fsp3) is 0.125. The van der Waals surface area contributed by atoms with Crippen molar-refractivity contribution >= 4 is 67.2 Å². The van der Waals surface area contributed by atoms with Crippen molar-refractivity contribution in [1.82, 2.24) is 5.43 Å². The van der Waals surface area contributed by atoms with Crippen LogP contribution in [0.3, 0.4) is 0 Å². The molecule has 24 heavy (non-hydrogen) atoms. The molecule has 2 aromatic rings. The van der Waals surface area contributed by atoms with Crippen molar-refractivity contribution < 1.29 is 9.53 Å². The number of nitrogens with one attached hydrogen (secondary N) is 1. The summed E-state index contributed by atoms with van der Waals surface area (Å²) in [6, 6.07) is 8.85. The Bertz CT molecular complexity index is 754. The summed E-state index contributed by atoms with van der Waals surface area (Å²) >= 11 is 18.8. The van der Waals surface area contributed by atoms with Crippen LogP contribution in [0.15, 0.2) is 44.4 Å². The summed E-state index contributed by atoms with van der Waals surface area (Å²) in [5, 5.41) is 4.74. The maximum Gasteiger partial charge on any atom is 0.277 e. The van der Waals surface area contributed by atoms with E-state index >= 15 is 0 Å². The molecule has 0 saturated carbocycles. The molecule has 0 aliphatic carbocycles. The Morgan fingerprint density at radius 1 is 1.29 bits per heavy atom. The zero-order chi connectivity index (χ0) is 17.7. The molecule has 8 heteroatoms. The standard InChI is InChI=1S/C16H12Br2Cl2N2O2/c1-9-5-10(17)6-12(18)16(9)24-8-15(23)22-21-7-11-13(19)3-2-4-14(11)20/h2-7H,8H2,1H3,(H,22,23). The van der Waals surface area contributed by atoms with Crippen molar-refractivity contribution in [2.24, 2.45) is 5.10 Å². The van der Waals surface area contributed by atoms with E-state index < -0.39 is 5.91 Å². The molecule has 2 aromatic carbocycles. The van der Waals surface area contributed by atoms with E-state index in [0.29, 0.717) is 21.4 Å². The van der Waals surface area contributed by atoms with Gasteiger partial charge >= 0.3 is 0 Å². The van der Waals surface area contributed by atoms with Crippen LogP contribution in [0.25, 0.3) is 0 Å². The normalized spacial score (nSPS) is 10.9. The van der Waals surface area contributed by atoms with Crippen LogP contribution in [-0.4, -0.2) is 18.7 Å². The fourth-order valence-corrected chi connectivity index (χ4v) is 3.89. The van der Waals surface area contributed by atoms with E-state index in [0.717, 1.165) is 14.5 Å². The van der Waals surface area contributed by atoms with Gasteiger partial charge in [0.05, 0.1) is 20.7 Å². The van der Waals surface area contributed by atoms with Gasteiger partial charge in [-0.25, -0.2) is 5.43 Å². The molecule has 0 fully saturated rings. The summed E-state index contributed by atoms with van der Waals surface area (Å²) < 4.78 is 7.21. The van der Waals surface area contributed by atoms with E-state index in [2.05, 4.69) is 42.4 Å². The van der Waals surface area contributed by atoms with Crippen molar-refractivity contribution in [2.75, 3.05) is 6.61 Å². The highest BCUT2D eigenvalue weighted by Crippen LogP contribution is 2.32. The number of hydrogen-bond acceptors (Lipinski definition) is 3. The van der Waals surface area contributed by atoms with Crippen LogP contribution < -0.4 is 10.2 Å². The third-order valence-electron chi connectivity index (χ3n) is 2.92. The Morgan fingerprint density at radius 3 is 2.58 bits per heavy atom. The second-order valence-corrected chi connectivity index (χ2v) is 7.34. The summed E-state index contributed by atoms with van der Waals surface area (Å²) in [6.07, 6.45) is 1.39. The number of nitrogens with zero attached hydrogens (tertiary/aromatic N) is 1. The van der Waals surface area contributed by atoms with E-state index in [1.807, 2.05) is 19.1 Å². The molecular formula is C16H12Br2Cl2N2O2. The quantitative estimate of drug-likeness (QED) is 0.449. The monoisotopic (exact) mass is 492 g/mol. The molecule has 0 radical (unpaired) electrons. The van der Waals surface area contributed by atoms with Crippen LogP contribution in [0.2, 0.25) is 10.0 Å². The molecule has 1 N–H and O–H groups in total. The highest BCUT2D eigenvalue weighted by atomic mass is 79.9. The summed E-state index contributed by atoms with van der Waals surface area (Å²) in [4.78, 5) is 11.8. The molecule has 0 saturated heterocycles. The molecule has 0 spiro atoms. The smallest absolute Gasteiger partial charge is 0.277 e. The molecular weight excluding hydrogens is 483 g/mol. The topological polar surface area (TPSA) is 50.7 Å². The lowest BCUT2D eigenvalue weighted by atomic mass is 10.2. The number of hydrazone groups is 1. The van der Waals surface area contributed by atoms with Crippen molar-refractivity contribution in [3.8, 4) is 5.75 Å². The lowest BCUT2D eigenvalue weighted by Gasteiger charge is -2.10. The average Bonchev–Trinajstić information content (AvgIpc) is 2.49. The average molecular weight is 495 g/mol. The third kappa shape index (κ3) is 5.21. The number of rotatable bonds is 5. The number of carbonyl (C=O) groups is 1. The summed E-state index contributed by atoms with van der Waals surface area (Å²) in [6.45, 7) is 1.72. The Kier molecular flexibility index (Phi) is 7.10. The van der Waals surface area contributed by atoms with Gasteiger partial charge in [-0.3, -0.25) is 4.79 Å². The third-order valence-corrected chi connectivity index (χ3v) is 4.63. The number of aryl methyl sites for hydroxylation is 1. The maximum atomic E-state index is 11.8. The Labute approximate surface area is 166 Å². The SMILES string of the molecule is Cc1cc(Br)cc(Br)c1OCC(=O)NN=Cc1c(Cl)cccc1Cl. The number of hydrogen-bond donors (Lipinski definition) is 1. The van der Waals surface area contributed by atoms with Crippen LogP contribution in [0.5, 0.6) is 5.75 Å². The molecule has 126 valence electrons. The predicted molar refractivity (Wildman–Crippen MR) is 104 cm³/mol. The number of halogens is 4. The van der Waals surface area contributed by atoms with E-state index in [1.165, 1.54) is 6.21 Å². The number of carbonyl (C=O) groups excluding carboxylic acids is 1. The first-order valence-corrected chi connectivity index (χ1v) is 9.07. The zero-order valence-corrected chi connectivity index (χ0v) is 17.1. The molecule has 0 heterocycles. The maximum absolute atomic E-state index is 11.8. The Hall–Kier alpha value is -1.08. The first-order chi connectivity index (χ1) is 11.4. The van der Waals surface area contributed by atoms with Gasteiger partial charge in [0.1, 0.15) is 5.75 Å². The van der Waals surface area contributed by atoms with E-state index in [9.17, 15) is 4.79 Å². The minimum absolute atomic E-state index is 0.172. The highest BCUT2D eigenvalue weighted by Gasteiger charge is 2.09. The van der Waals surface area contributed by atoms with Gasteiger partial charge in [0.15, 0.2) is 6.61 Å². The van der Waals surface area contributed by atoms with E-state index in [-0.39, 0.29) is 6.61 Å². The Morgan fingerprint density at radius 2 is 1.96 bits per heavy atom. The summed E-state index contributed by atoms with van der Waals surface area (Å²) in [5.41, 5.74) is 3.80. The second-order valence-electron chi connectivity index (χ2n) is 4.75. The lowest BCUT2D eigenvalue weighted by Crippen LogP contribution is -2.24. The van der Waals surface area contributed by atoms with Gasteiger partial charge in [-0.15, -0.1) is 0 Å². The van der Waals surface area contributed by atoms with Crippen molar-refractivity contribution in [3.63, 3.8) is 0 Å². The van der Waals surface area contributed by atoms with Gasteiger partial charge in [0, 0.05) is 10.0 Å². The van der Waals surface area contributed by atoms with E-state index in [1.54, 1.807) is 18.2 Å². The molecule has 0 aromatic heterocycles. The summed E-state index contributed by atoms with van der Waals surface area (Å²) in [7, 11) is 0. The molecule has 0 bridgehead atoms. The second kappa shape index (κ2) is 8.85. The molecule has 0 unspecified atom stereocenters. The van der Waals surface area contributed by atoms with Crippen LogP contribution in [-0.2, 0) is 4.79 Å². The van der Waals surface area contributed by atoms with Crippen molar-refractivity contribution in [3.05, 3.63) is 60.4 Å². The van der Waals surface area contributed by atoms with Gasteiger partial charge in [-0.2, -0.15) is 5.10 Å². The number of amides is 1. The van der Waals surface area contributed by atoms with Crippen molar-refractivity contribution in [2.45, 2.75) is 6.92 Å². The predicted octanol–water partition coefficient (Wildman–Crippen LogP) is 5.36. The fourth-order valence-electron chi connectivity index (χ4n) is 1.84.